The Labute approximate surface area is 87.7 Å². The number of pyridine rings is 1. The summed E-state index contributed by atoms with van der Waals surface area (Å²) in [6.07, 6.45) is 8.55. The zero-order valence-corrected chi connectivity index (χ0v) is 8.18. The molecule has 0 spiro atoms. The molecule has 0 aromatic carbocycles. The second-order valence-electron chi connectivity index (χ2n) is 3.26. The minimum atomic E-state index is -0.0199. The summed E-state index contributed by atoms with van der Waals surface area (Å²) in [5.41, 5.74) is 4.36. The number of rotatable bonds is 2. The molecular formula is C11H11N3O. The molecule has 1 amide bonds. The molecule has 0 saturated carbocycles. The Kier molecular flexibility index (Phi) is 2.88. The fourth-order valence-corrected chi connectivity index (χ4v) is 1.28. The summed E-state index contributed by atoms with van der Waals surface area (Å²) >= 11 is 0. The SMILES string of the molecule is O=C1CCC(C=Cc2cccnc2)=NN1. The third-order valence-electron chi connectivity index (χ3n) is 2.08. The highest BCUT2D eigenvalue weighted by atomic mass is 16.2. The molecule has 0 bridgehead atoms. The number of allylic oxidation sites excluding steroid dienone is 1. The first-order valence-electron chi connectivity index (χ1n) is 4.78. The molecule has 1 aromatic rings. The van der Waals surface area contributed by atoms with Crippen molar-refractivity contribution in [2.75, 3.05) is 0 Å². The highest BCUT2D eigenvalue weighted by Gasteiger charge is 2.08. The van der Waals surface area contributed by atoms with Gasteiger partial charge in [0.15, 0.2) is 0 Å². The van der Waals surface area contributed by atoms with Gasteiger partial charge in [0.05, 0.1) is 5.71 Å². The zero-order chi connectivity index (χ0) is 10.5. The van der Waals surface area contributed by atoms with Crippen molar-refractivity contribution in [2.45, 2.75) is 12.8 Å². The summed E-state index contributed by atoms with van der Waals surface area (Å²) in [5, 5.41) is 3.94. The summed E-state index contributed by atoms with van der Waals surface area (Å²) < 4.78 is 0. The monoisotopic (exact) mass is 201 g/mol. The first-order chi connectivity index (χ1) is 7.34. The van der Waals surface area contributed by atoms with Gasteiger partial charge in [0, 0.05) is 25.2 Å². The number of nitrogens with zero attached hydrogens (tertiary/aromatic N) is 2. The number of hydrogen-bond donors (Lipinski definition) is 1. The minimum Gasteiger partial charge on any atom is -0.273 e. The number of amides is 1. The number of aromatic nitrogens is 1. The normalized spacial score (nSPS) is 16.3. The van der Waals surface area contributed by atoms with Crippen LogP contribution >= 0.6 is 0 Å². The van der Waals surface area contributed by atoms with E-state index < -0.39 is 0 Å². The van der Waals surface area contributed by atoms with Gasteiger partial charge >= 0.3 is 0 Å². The van der Waals surface area contributed by atoms with E-state index in [1.165, 1.54) is 0 Å². The highest BCUT2D eigenvalue weighted by molar-refractivity contribution is 6.02. The van der Waals surface area contributed by atoms with Gasteiger partial charge in [-0.3, -0.25) is 9.78 Å². The molecule has 4 nitrogen and oxygen atoms in total. The van der Waals surface area contributed by atoms with Gasteiger partial charge in [-0.15, -0.1) is 0 Å². The lowest BCUT2D eigenvalue weighted by molar-refractivity contribution is -0.121. The summed E-state index contributed by atoms with van der Waals surface area (Å²) in [6, 6.07) is 3.84. The van der Waals surface area contributed by atoms with Crippen LogP contribution in [0, 0.1) is 0 Å². The van der Waals surface area contributed by atoms with E-state index in [1.54, 1.807) is 12.4 Å². The number of hydrogen-bond acceptors (Lipinski definition) is 3. The Balaban J connectivity index is 2.03. The number of hydrazone groups is 1. The van der Waals surface area contributed by atoms with Gasteiger partial charge in [0.1, 0.15) is 0 Å². The Hall–Kier alpha value is -1.97. The van der Waals surface area contributed by atoms with Crippen molar-refractivity contribution < 1.29 is 4.79 Å². The lowest BCUT2D eigenvalue weighted by Crippen LogP contribution is -2.24. The maximum absolute atomic E-state index is 10.8. The number of carbonyl (C=O) groups excluding carboxylic acids is 1. The van der Waals surface area contributed by atoms with Crippen molar-refractivity contribution in [1.29, 1.82) is 0 Å². The van der Waals surface area contributed by atoms with E-state index in [2.05, 4.69) is 15.5 Å². The molecule has 0 atom stereocenters. The van der Waals surface area contributed by atoms with Crippen LogP contribution in [-0.2, 0) is 4.79 Å². The van der Waals surface area contributed by atoms with E-state index in [1.807, 2.05) is 24.3 Å². The fraction of sp³-hybridized carbons (Fsp3) is 0.182. The molecule has 1 aliphatic heterocycles. The highest BCUT2D eigenvalue weighted by Crippen LogP contribution is 2.04. The third kappa shape index (κ3) is 2.74. The molecule has 4 heteroatoms. The molecule has 1 N–H and O–H groups in total. The largest absolute Gasteiger partial charge is 0.273 e. The van der Waals surface area contributed by atoms with Crippen molar-refractivity contribution in [3.63, 3.8) is 0 Å². The summed E-state index contributed by atoms with van der Waals surface area (Å²) in [7, 11) is 0. The summed E-state index contributed by atoms with van der Waals surface area (Å²) in [6.45, 7) is 0. The van der Waals surface area contributed by atoms with Gasteiger partial charge in [0.25, 0.3) is 0 Å². The molecular weight excluding hydrogens is 190 g/mol. The van der Waals surface area contributed by atoms with E-state index in [9.17, 15) is 4.79 Å². The standard InChI is InChI=1S/C11H11N3O/c15-11-6-5-10(13-14-11)4-3-9-2-1-7-12-8-9/h1-4,7-8H,5-6H2,(H,14,15). The van der Waals surface area contributed by atoms with Crippen LogP contribution in [-0.4, -0.2) is 16.6 Å². The first kappa shape index (κ1) is 9.58. The smallest absolute Gasteiger partial charge is 0.240 e. The van der Waals surface area contributed by atoms with E-state index in [4.69, 9.17) is 0 Å². The topological polar surface area (TPSA) is 54.4 Å². The van der Waals surface area contributed by atoms with Crippen molar-refractivity contribution in [3.05, 3.63) is 36.2 Å². The van der Waals surface area contributed by atoms with Gasteiger partial charge in [-0.2, -0.15) is 5.10 Å². The average Bonchev–Trinajstić information content (AvgIpc) is 2.30. The Morgan fingerprint density at radius 3 is 2.93 bits per heavy atom. The molecule has 0 aliphatic carbocycles. The molecule has 15 heavy (non-hydrogen) atoms. The second-order valence-corrected chi connectivity index (χ2v) is 3.26. The van der Waals surface area contributed by atoms with Crippen LogP contribution < -0.4 is 5.43 Å². The van der Waals surface area contributed by atoms with Crippen LogP contribution in [0.15, 0.2) is 35.7 Å². The molecule has 0 saturated heterocycles. The van der Waals surface area contributed by atoms with E-state index >= 15 is 0 Å². The molecule has 2 rings (SSSR count). The molecule has 0 unspecified atom stereocenters. The fourth-order valence-electron chi connectivity index (χ4n) is 1.28. The van der Waals surface area contributed by atoms with E-state index in [0.717, 1.165) is 11.3 Å². The number of nitrogens with one attached hydrogen (secondary N) is 1. The Bertz CT molecular complexity index is 409. The second kappa shape index (κ2) is 4.50. The molecule has 0 fully saturated rings. The average molecular weight is 201 g/mol. The van der Waals surface area contributed by atoms with Gasteiger partial charge in [-0.05, 0) is 17.7 Å². The van der Waals surface area contributed by atoms with Crippen LogP contribution in [0.5, 0.6) is 0 Å². The van der Waals surface area contributed by atoms with E-state index in [-0.39, 0.29) is 5.91 Å². The van der Waals surface area contributed by atoms with Crippen molar-refractivity contribution >= 4 is 17.7 Å². The van der Waals surface area contributed by atoms with Crippen molar-refractivity contribution in [3.8, 4) is 0 Å². The third-order valence-corrected chi connectivity index (χ3v) is 2.08. The van der Waals surface area contributed by atoms with Gasteiger partial charge in [-0.1, -0.05) is 12.1 Å². The van der Waals surface area contributed by atoms with Crippen LogP contribution in [0.2, 0.25) is 0 Å². The lowest BCUT2D eigenvalue weighted by atomic mass is 10.1. The molecule has 1 aromatic heterocycles. The molecule has 0 radical (unpaired) electrons. The van der Waals surface area contributed by atoms with E-state index in [0.29, 0.717) is 12.8 Å². The van der Waals surface area contributed by atoms with Crippen LogP contribution in [0.3, 0.4) is 0 Å². The van der Waals surface area contributed by atoms with Crippen LogP contribution in [0.4, 0.5) is 0 Å². The Morgan fingerprint density at radius 1 is 1.33 bits per heavy atom. The quantitative estimate of drug-likeness (QED) is 0.785. The predicted octanol–water partition coefficient (Wildman–Crippen LogP) is 1.36. The Morgan fingerprint density at radius 2 is 2.27 bits per heavy atom. The van der Waals surface area contributed by atoms with Crippen molar-refractivity contribution in [2.24, 2.45) is 5.10 Å². The summed E-state index contributed by atoms with van der Waals surface area (Å²) in [5.74, 6) is -0.0199. The first-order valence-corrected chi connectivity index (χ1v) is 4.78. The van der Waals surface area contributed by atoms with Gasteiger partial charge < -0.3 is 0 Å². The molecule has 2 heterocycles. The minimum absolute atomic E-state index is 0.0199. The lowest BCUT2D eigenvalue weighted by Gasteiger charge is -2.07. The maximum Gasteiger partial charge on any atom is 0.240 e. The van der Waals surface area contributed by atoms with Gasteiger partial charge in [0.2, 0.25) is 5.91 Å². The summed E-state index contributed by atoms with van der Waals surface area (Å²) in [4.78, 5) is 14.8. The molecule has 1 aliphatic rings. The molecule has 76 valence electrons. The van der Waals surface area contributed by atoms with Gasteiger partial charge in [-0.25, -0.2) is 5.43 Å². The maximum atomic E-state index is 10.8. The van der Waals surface area contributed by atoms with Crippen LogP contribution in [0.25, 0.3) is 6.08 Å². The van der Waals surface area contributed by atoms with Crippen LogP contribution in [0.1, 0.15) is 18.4 Å². The zero-order valence-electron chi connectivity index (χ0n) is 8.18. The predicted molar refractivity (Wildman–Crippen MR) is 58.1 cm³/mol. The van der Waals surface area contributed by atoms with Crippen molar-refractivity contribution in [1.82, 2.24) is 10.4 Å². The number of carbonyl (C=O) groups is 1.